The van der Waals surface area contributed by atoms with Crippen molar-refractivity contribution in [3.05, 3.63) is 12.7 Å². The quantitative estimate of drug-likeness (QED) is 0.358. The highest BCUT2D eigenvalue weighted by Gasteiger charge is 2.50. The molecule has 6 heteroatoms. The average molecular weight is 290 g/mol. The van der Waals surface area contributed by atoms with Gasteiger partial charge in [0.15, 0.2) is 0 Å². The van der Waals surface area contributed by atoms with Gasteiger partial charge in [-0.05, 0) is 6.42 Å². The first-order chi connectivity index (χ1) is 9.54. The summed E-state index contributed by atoms with van der Waals surface area (Å²) >= 11 is 0. The van der Waals surface area contributed by atoms with Gasteiger partial charge in [-0.2, -0.15) is 0 Å². The Kier molecular flexibility index (Phi) is 7.65. The van der Waals surface area contributed by atoms with Crippen molar-refractivity contribution in [1.29, 1.82) is 0 Å². The van der Waals surface area contributed by atoms with E-state index in [-0.39, 0.29) is 6.61 Å². The molecule has 20 heavy (non-hydrogen) atoms. The van der Waals surface area contributed by atoms with Crippen molar-refractivity contribution in [2.75, 3.05) is 13.2 Å². The summed E-state index contributed by atoms with van der Waals surface area (Å²) in [4.78, 5) is 0. The molecule has 4 N–H and O–H groups in total. The number of hydrogen-bond donors (Lipinski definition) is 4. The normalized spacial score (nSPS) is 37.9. The van der Waals surface area contributed by atoms with E-state index >= 15 is 0 Å². The lowest BCUT2D eigenvalue weighted by Crippen LogP contribution is -2.65. The molecule has 6 atom stereocenters. The van der Waals surface area contributed by atoms with Crippen molar-refractivity contribution >= 4 is 0 Å². The minimum Gasteiger partial charge on any atom is -0.387 e. The smallest absolute Gasteiger partial charge is 0.115 e. The van der Waals surface area contributed by atoms with Crippen LogP contribution in [0.1, 0.15) is 26.2 Å². The summed E-state index contributed by atoms with van der Waals surface area (Å²) in [6.45, 7) is 6.14. The fraction of sp³-hybridized carbons (Fsp3) is 0.857. The van der Waals surface area contributed by atoms with Crippen molar-refractivity contribution in [2.45, 2.75) is 62.8 Å². The van der Waals surface area contributed by atoms with Crippen LogP contribution in [0.25, 0.3) is 0 Å². The Hall–Kier alpha value is -0.500. The average Bonchev–Trinajstić information content (AvgIpc) is 2.45. The monoisotopic (exact) mass is 290 g/mol. The summed E-state index contributed by atoms with van der Waals surface area (Å²) < 4.78 is 10.9. The lowest BCUT2D eigenvalue weighted by Gasteiger charge is -2.43. The first-order valence-corrected chi connectivity index (χ1v) is 7.11. The molecule has 0 radical (unpaired) electrons. The topological polar surface area (TPSA) is 99.4 Å². The molecule has 0 amide bonds. The maximum atomic E-state index is 10.00. The highest BCUT2D eigenvalue weighted by atomic mass is 16.6. The number of rotatable bonds is 8. The van der Waals surface area contributed by atoms with E-state index in [0.29, 0.717) is 6.61 Å². The molecule has 0 spiro atoms. The van der Waals surface area contributed by atoms with Crippen LogP contribution >= 0.6 is 0 Å². The molecule has 1 saturated carbocycles. The molecule has 1 rings (SSSR count). The van der Waals surface area contributed by atoms with Gasteiger partial charge < -0.3 is 29.9 Å². The maximum absolute atomic E-state index is 10.00. The third kappa shape index (κ3) is 4.25. The molecular weight excluding hydrogens is 264 g/mol. The van der Waals surface area contributed by atoms with E-state index in [9.17, 15) is 20.4 Å². The molecule has 0 bridgehead atoms. The number of aliphatic hydroxyl groups excluding tert-OH is 4. The van der Waals surface area contributed by atoms with Gasteiger partial charge in [0.2, 0.25) is 0 Å². The molecule has 1 aliphatic rings. The summed E-state index contributed by atoms with van der Waals surface area (Å²) in [5, 5.41) is 39.4. The summed E-state index contributed by atoms with van der Waals surface area (Å²) in [7, 11) is 0. The Morgan fingerprint density at radius 1 is 0.900 bits per heavy atom. The molecule has 118 valence electrons. The van der Waals surface area contributed by atoms with Crippen LogP contribution in [-0.4, -0.2) is 70.3 Å². The van der Waals surface area contributed by atoms with Crippen molar-refractivity contribution in [2.24, 2.45) is 0 Å². The van der Waals surface area contributed by atoms with Gasteiger partial charge in [-0.1, -0.05) is 25.8 Å². The minimum absolute atomic E-state index is 0.159. The third-order valence-corrected chi connectivity index (χ3v) is 3.51. The van der Waals surface area contributed by atoms with Gasteiger partial charge in [-0.15, -0.1) is 6.58 Å². The standard InChI is InChI=1S/C14H26O6/c1-3-5-6-8-20-14-12(18)10(16)9(15)11(17)13(14)19-7-4-2/h4,9-18H,2-3,5-8H2,1H3/t9-,10-,11+,12+,13+,14-/m1/s1. The second-order valence-corrected chi connectivity index (χ2v) is 5.09. The van der Waals surface area contributed by atoms with E-state index in [2.05, 4.69) is 13.5 Å². The minimum atomic E-state index is -1.46. The Morgan fingerprint density at radius 2 is 1.45 bits per heavy atom. The zero-order chi connectivity index (χ0) is 15.1. The van der Waals surface area contributed by atoms with Gasteiger partial charge in [-0.25, -0.2) is 0 Å². The zero-order valence-corrected chi connectivity index (χ0v) is 11.9. The van der Waals surface area contributed by atoms with Crippen LogP contribution in [0.4, 0.5) is 0 Å². The number of hydrogen-bond acceptors (Lipinski definition) is 6. The number of ether oxygens (including phenoxy) is 2. The van der Waals surface area contributed by atoms with Crippen LogP contribution in [0, 0.1) is 0 Å². The molecule has 0 saturated heterocycles. The number of unbranched alkanes of at least 4 members (excludes halogenated alkanes) is 2. The maximum Gasteiger partial charge on any atom is 0.115 e. The highest BCUT2D eigenvalue weighted by molar-refractivity contribution is 5.00. The first kappa shape index (κ1) is 17.6. The second kappa shape index (κ2) is 8.71. The van der Waals surface area contributed by atoms with Crippen molar-refractivity contribution in [3.8, 4) is 0 Å². The predicted octanol–water partition coefficient (Wildman–Crippen LogP) is -0.410. The van der Waals surface area contributed by atoms with Crippen LogP contribution in [0.2, 0.25) is 0 Å². The van der Waals surface area contributed by atoms with Crippen molar-refractivity contribution in [3.63, 3.8) is 0 Å². The molecule has 0 heterocycles. The Balaban J connectivity index is 2.68. The molecule has 0 aromatic rings. The van der Waals surface area contributed by atoms with Gasteiger partial charge >= 0.3 is 0 Å². The zero-order valence-electron chi connectivity index (χ0n) is 11.9. The van der Waals surface area contributed by atoms with Gasteiger partial charge in [0.25, 0.3) is 0 Å². The Labute approximate surface area is 119 Å². The second-order valence-electron chi connectivity index (χ2n) is 5.09. The summed E-state index contributed by atoms with van der Waals surface area (Å²) in [6, 6.07) is 0. The molecule has 0 aliphatic heterocycles. The fourth-order valence-corrected chi connectivity index (χ4v) is 2.32. The van der Waals surface area contributed by atoms with Crippen LogP contribution in [-0.2, 0) is 9.47 Å². The van der Waals surface area contributed by atoms with Crippen LogP contribution in [0.3, 0.4) is 0 Å². The summed E-state index contributed by atoms with van der Waals surface area (Å²) in [6.07, 6.45) is -2.95. The van der Waals surface area contributed by atoms with Crippen LogP contribution < -0.4 is 0 Å². The van der Waals surface area contributed by atoms with E-state index in [1.54, 1.807) is 0 Å². The van der Waals surface area contributed by atoms with Crippen molar-refractivity contribution < 1.29 is 29.9 Å². The Bertz CT molecular complexity index is 285. The SMILES string of the molecule is C=CCO[C@H]1[C@@H](O)[C@H](O)[C@@H](O)[C@H](O)[C@H]1OCCCCC. The van der Waals surface area contributed by atoms with Gasteiger partial charge in [0.05, 0.1) is 6.61 Å². The molecule has 0 aromatic carbocycles. The molecule has 0 unspecified atom stereocenters. The molecule has 1 aliphatic carbocycles. The lowest BCUT2D eigenvalue weighted by molar-refractivity contribution is -0.244. The van der Waals surface area contributed by atoms with Crippen LogP contribution in [0.5, 0.6) is 0 Å². The molecule has 6 nitrogen and oxygen atoms in total. The highest BCUT2D eigenvalue weighted by Crippen LogP contribution is 2.26. The Morgan fingerprint density at radius 3 is 1.95 bits per heavy atom. The third-order valence-electron chi connectivity index (χ3n) is 3.51. The van der Waals surface area contributed by atoms with E-state index in [1.807, 2.05) is 0 Å². The van der Waals surface area contributed by atoms with E-state index in [4.69, 9.17) is 9.47 Å². The molecule has 0 aromatic heterocycles. The summed E-state index contributed by atoms with van der Waals surface area (Å²) in [5.41, 5.74) is 0. The van der Waals surface area contributed by atoms with Gasteiger partial charge in [0.1, 0.15) is 36.6 Å². The van der Waals surface area contributed by atoms with Crippen molar-refractivity contribution in [1.82, 2.24) is 0 Å². The molecular formula is C14H26O6. The lowest BCUT2D eigenvalue weighted by atomic mass is 9.84. The van der Waals surface area contributed by atoms with Gasteiger partial charge in [-0.3, -0.25) is 0 Å². The largest absolute Gasteiger partial charge is 0.387 e. The fourth-order valence-electron chi connectivity index (χ4n) is 2.32. The van der Waals surface area contributed by atoms with E-state index in [0.717, 1.165) is 19.3 Å². The number of aliphatic hydroxyl groups is 4. The predicted molar refractivity (Wildman–Crippen MR) is 73.2 cm³/mol. The molecule has 1 fully saturated rings. The van der Waals surface area contributed by atoms with Gasteiger partial charge in [0, 0.05) is 6.61 Å². The van der Waals surface area contributed by atoms with E-state index < -0.39 is 36.6 Å². The summed E-state index contributed by atoms with van der Waals surface area (Å²) in [5.74, 6) is 0. The van der Waals surface area contributed by atoms with Crippen LogP contribution in [0.15, 0.2) is 12.7 Å². The van der Waals surface area contributed by atoms with E-state index in [1.165, 1.54) is 6.08 Å². The first-order valence-electron chi connectivity index (χ1n) is 7.11.